The van der Waals surface area contributed by atoms with Gasteiger partial charge in [-0.3, -0.25) is 4.79 Å². The van der Waals surface area contributed by atoms with Crippen molar-refractivity contribution in [3.8, 4) is 5.75 Å². The van der Waals surface area contributed by atoms with Crippen molar-refractivity contribution in [2.75, 3.05) is 33.8 Å². The zero-order chi connectivity index (χ0) is 21.2. The fourth-order valence-electron chi connectivity index (χ4n) is 2.88. The largest absolute Gasteiger partial charge is 0.492 e. The van der Waals surface area contributed by atoms with Crippen molar-refractivity contribution in [3.05, 3.63) is 64.7 Å². The molecule has 0 fully saturated rings. The third kappa shape index (κ3) is 7.49. The summed E-state index contributed by atoms with van der Waals surface area (Å²) in [5, 5.41) is 6.52. The van der Waals surface area contributed by atoms with E-state index in [1.54, 1.807) is 19.0 Å². The lowest BCUT2D eigenvalue weighted by molar-refractivity contribution is 0.0827. The number of nitrogens with zero attached hydrogens (tertiary/aromatic N) is 2. The number of amides is 1. The molecule has 0 spiro atoms. The first kappa shape index (κ1) is 22.3. The highest BCUT2D eigenvalue weighted by Crippen LogP contribution is 2.15. The number of benzene rings is 2. The first-order valence-electron chi connectivity index (χ1n) is 9.93. The Hall–Kier alpha value is -3.02. The molecular formula is C23H32N4O2. The molecule has 29 heavy (non-hydrogen) atoms. The molecule has 6 heteroatoms. The van der Waals surface area contributed by atoms with E-state index in [0.717, 1.165) is 23.8 Å². The number of aryl methyl sites for hydroxylation is 2. The Balaban J connectivity index is 1.86. The van der Waals surface area contributed by atoms with Crippen molar-refractivity contribution in [1.29, 1.82) is 0 Å². The van der Waals surface area contributed by atoms with Crippen LogP contribution in [0.5, 0.6) is 5.75 Å². The Morgan fingerprint density at radius 2 is 1.69 bits per heavy atom. The highest BCUT2D eigenvalue weighted by molar-refractivity contribution is 5.93. The summed E-state index contributed by atoms with van der Waals surface area (Å²) in [6.45, 7) is 8.67. The van der Waals surface area contributed by atoms with Crippen molar-refractivity contribution in [2.45, 2.75) is 27.3 Å². The van der Waals surface area contributed by atoms with Gasteiger partial charge in [-0.05, 0) is 61.7 Å². The molecule has 0 saturated carbocycles. The van der Waals surface area contributed by atoms with Gasteiger partial charge in [0.05, 0.1) is 13.1 Å². The second-order valence-corrected chi connectivity index (χ2v) is 7.19. The fraction of sp³-hybridized carbons (Fsp3) is 0.391. The molecule has 0 aliphatic heterocycles. The van der Waals surface area contributed by atoms with Crippen LogP contribution in [0.3, 0.4) is 0 Å². The summed E-state index contributed by atoms with van der Waals surface area (Å²) in [7, 11) is 3.50. The van der Waals surface area contributed by atoms with Gasteiger partial charge in [0.2, 0.25) is 0 Å². The standard InChI is InChI=1S/C23H32N4O2/c1-6-24-23(25-11-12-29-21-14-17(2)13-18(3)15-21)26-16-19-7-9-20(10-8-19)22(28)27(4)5/h7-10,13-15H,6,11-12,16H2,1-5H3,(H2,24,25,26). The zero-order valence-corrected chi connectivity index (χ0v) is 18.1. The third-order valence-electron chi connectivity index (χ3n) is 4.23. The van der Waals surface area contributed by atoms with E-state index in [9.17, 15) is 4.79 Å². The molecule has 0 atom stereocenters. The maximum Gasteiger partial charge on any atom is 0.253 e. The molecular weight excluding hydrogens is 364 g/mol. The van der Waals surface area contributed by atoms with E-state index in [1.165, 1.54) is 11.1 Å². The first-order valence-corrected chi connectivity index (χ1v) is 9.93. The molecule has 156 valence electrons. The number of nitrogens with one attached hydrogen (secondary N) is 2. The van der Waals surface area contributed by atoms with Gasteiger partial charge in [0.1, 0.15) is 12.4 Å². The molecule has 6 nitrogen and oxygen atoms in total. The molecule has 0 bridgehead atoms. The minimum absolute atomic E-state index is 0.00106. The van der Waals surface area contributed by atoms with Gasteiger partial charge in [0.15, 0.2) is 5.96 Å². The van der Waals surface area contributed by atoms with Crippen LogP contribution in [-0.2, 0) is 6.54 Å². The van der Waals surface area contributed by atoms with Gasteiger partial charge in [0.25, 0.3) is 5.91 Å². The van der Waals surface area contributed by atoms with Crippen molar-refractivity contribution < 1.29 is 9.53 Å². The molecule has 0 radical (unpaired) electrons. The number of hydrogen-bond donors (Lipinski definition) is 2. The molecule has 0 aliphatic rings. The van der Waals surface area contributed by atoms with Crippen molar-refractivity contribution >= 4 is 11.9 Å². The van der Waals surface area contributed by atoms with Crippen LogP contribution < -0.4 is 15.4 Å². The Morgan fingerprint density at radius 3 is 2.28 bits per heavy atom. The van der Waals surface area contributed by atoms with E-state index in [2.05, 4.69) is 35.5 Å². The minimum Gasteiger partial charge on any atom is -0.492 e. The molecule has 0 heterocycles. The van der Waals surface area contributed by atoms with E-state index < -0.39 is 0 Å². The molecule has 0 aliphatic carbocycles. The predicted molar refractivity (Wildman–Crippen MR) is 119 cm³/mol. The lowest BCUT2D eigenvalue weighted by Crippen LogP contribution is -2.39. The van der Waals surface area contributed by atoms with E-state index in [1.807, 2.05) is 43.3 Å². The fourth-order valence-corrected chi connectivity index (χ4v) is 2.88. The Kier molecular flexibility index (Phi) is 8.52. The van der Waals surface area contributed by atoms with Crippen LogP contribution in [0.4, 0.5) is 0 Å². The minimum atomic E-state index is -0.00106. The van der Waals surface area contributed by atoms with Crippen molar-refractivity contribution in [3.63, 3.8) is 0 Å². The van der Waals surface area contributed by atoms with Crippen LogP contribution in [0.25, 0.3) is 0 Å². The molecule has 1 amide bonds. The molecule has 0 aromatic heterocycles. The summed E-state index contributed by atoms with van der Waals surface area (Å²) in [6, 6.07) is 13.8. The SMILES string of the molecule is CCNC(=NCc1ccc(C(=O)N(C)C)cc1)NCCOc1cc(C)cc(C)c1. The second-order valence-electron chi connectivity index (χ2n) is 7.19. The van der Waals surface area contributed by atoms with Crippen LogP contribution in [0.1, 0.15) is 34.0 Å². The van der Waals surface area contributed by atoms with Gasteiger partial charge in [0, 0.05) is 26.2 Å². The topological polar surface area (TPSA) is 66.0 Å². The number of ether oxygens (including phenoxy) is 1. The third-order valence-corrected chi connectivity index (χ3v) is 4.23. The zero-order valence-electron chi connectivity index (χ0n) is 18.1. The average Bonchev–Trinajstić information content (AvgIpc) is 2.68. The first-order chi connectivity index (χ1) is 13.9. The van der Waals surface area contributed by atoms with E-state index in [4.69, 9.17) is 4.74 Å². The highest BCUT2D eigenvalue weighted by Gasteiger charge is 2.07. The van der Waals surface area contributed by atoms with E-state index >= 15 is 0 Å². The number of rotatable bonds is 8. The van der Waals surface area contributed by atoms with Crippen molar-refractivity contribution in [2.24, 2.45) is 4.99 Å². The van der Waals surface area contributed by atoms with Gasteiger partial charge in [-0.1, -0.05) is 18.2 Å². The Bertz CT molecular complexity index is 809. The average molecular weight is 397 g/mol. The highest BCUT2D eigenvalue weighted by atomic mass is 16.5. The lowest BCUT2D eigenvalue weighted by Gasteiger charge is -2.13. The number of carbonyl (C=O) groups excluding carboxylic acids is 1. The predicted octanol–water partition coefficient (Wildman–Crippen LogP) is 3.14. The molecule has 0 saturated heterocycles. The summed E-state index contributed by atoms with van der Waals surface area (Å²) in [5.74, 6) is 1.63. The van der Waals surface area contributed by atoms with Gasteiger partial charge in [-0.15, -0.1) is 0 Å². The Labute approximate surface area is 174 Å². The van der Waals surface area contributed by atoms with Gasteiger partial charge in [-0.25, -0.2) is 4.99 Å². The number of carbonyl (C=O) groups is 1. The number of hydrogen-bond acceptors (Lipinski definition) is 3. The smallest absolute Gasteiger partial charge is 0.253 e. The van der Waals surface area contributed by atoms with Crippen LogP contribution in [0.2, 0.25) is 0 Å². The number of aliphatic imine (C=N–C) groups is 1. The lowest BCUT2D eigenvalue weighted by atomic mass is 10.1. The van der Waals surface area contributed by atoms with E-state index in [-0.39, 0.29) is 5.91 Å². The normalized spacial score (nSPS) is 11.1. The van der Waals surface area contributed by atoms with Crippen molar-refractivity contribution in [1.82, 2.24) is 15.5 Å². The maximum absolute atomic E-state index is 12.0. The maximum atomic E-state index is 12.0. The quantitative estimate of drug-likeness (QED) is 0.409. The summed E-state index contributed by atoms with van der Waals surface area (Å²) < 4.78 is 5.83. The summed E-state index contributed by atoms with van der Waals surface area (Å²) in [5.41, 5.74) is 4.11. The molecule has 2 aromatic rings. The van der Waals surface area contributed by atoms with Gasteiger partial charge in [-0.2, -0.15) is 0 Å². The van der Waals surface area contributed by atoms with Crippen LogP contribution in [0.15, 0.2) is 47.5 Å². The van der Waals surface area contributed by atoms with Gasteiger partial charge >= 0.3 is 0 Å². The summed E-state index contributed by atoms with van der Waals surface area (Å²) in [6.07, 6.45) is 0. The molecule has 0 unspecified atom stereocenters. The molecule has 2 aromatic carbocycles. The molecule has 2 N–H and O–H groups in total. The number of guanidine groups is 1. The molecule has 2 rings (SSSR count). The second kappa shape index (κ2) is 11.1. The van der Waals surface area contributed by atoms with Crippen LogP contribution >= 0.6 is 0 Å². The monoisotopic (exact) mass is 396 g/mol. The summed E-state index contributed by atoms with van der Waals surface area (Å²) >= 11 is 0. The summed E-state index contributed by atoms with van der Waals surface area (Å²) in [4.78, 5) is 18.1. The Morgan fingerprint density at radius 1 is 1.03 bits per heavy atom. The van der Waals surface area contributed by atoms with E-state index in [0.29, 0.717) is 25.3 Å². The van der Waals surface area contributed by atoms with Crippen LogP contribution in [0, 0.1) is 13.8 Å². The van der Waals surface area contributed by atoms with Gasteiger partial charge < -0.3 is 20.3 Å². The van der Waals surface area contributed by atoms with Crippen LogP contribution in [-0.4, -0.2) is 50.6 Å².